The van der Waals surface area contributed by atoms with E-state index in [-0.39, 0.29) is 28.9 Å². The minimum absolute atomic E-state index is 0.0276. The Morgan fingerprint density at radius 1 is 2.00 bits per heavy atom. The van der Waals surface area contributed by atoms with Crippen LogP contribution in [0, 0.1) is 0 Å². The van der Waals surface area contributed by atoms with Crippen LogP contribution in [-0.2, 0) is 7.87 Å². The summed E-state index contributed by atoms with van der Waals surface area (Å²) in [4.78, 5) is 9.89. The van der Waals surface area contributed by atoms with Gasteiger partial charge in [-0.15, -0.1) is 0 Å². The van der Waals surface area contributed by atoms with E-state index in [1.807, 2.05) is 0 Å². The first kappa shape index (κ1) is 6.01. The summed E-state index contributed by atoms with van der Waals surface area (Å²) >= 11 is 0.0276. The van der Waals surface area contributed by atoms with Gasteiger partial charge in [0.1, 0.15) is 0 Å². The van der Waals surface area contributed by atoms with Crippen molar-refractivity contribution >= 4 is 28.9 Å². The van der Waals surface area contributed by atoms with Gasteiger partial charge in [-0.25, -0.2) is 0 Å². The van der Waals surface area contributed by atoms with E-state index in [0.29, 0.717) is 0 Å². The van der Waals surface area contributed by atoms with E-state index in [1.165, 1.54) is 0 Å². The van der Waals surface area contributed by atoms with Crippen molar-refractivity contribution in [1.82, 2.24) is 0 Å². The van der Waals surface area contributed by atoms with Gasteiger partial charge >= 0.3 is 49.4 Å². The van der Waals surface area contributed by atoms with Crippen LogP contribution < -0.4 is 0 Å². The molecule has 3 heteroatoms. The third-order valence-corrected chi connectivity index (χ3v) is 1.52. The van der Waals surface area contributed by atoms with Crippen LogP contribution in [0.4, 0.5) is 0 Å². The molecule has 0 aliphatic heterocycles. The molecule has 0 spiro atoms. The van der Waals surface area contributed by atoms with E-state index in [4.69, 9.17) is 0 Å². The molecule has 0 unspecified atom stereocenters. The fraction of sp³-hybridized carbons (Fsp3) is 0. The Hall–Kier alpha value is 0.00870. The minimum atomic E-state index is -0.300. The van der Waals surface area contributed by atoms with E-state index in [9.17, 15) is 4.79 Å². The number of carbonyl (C=O) groups excluding carboxylic acids is 1. The van der Waals surface area contributed by atoms with Gasteiger partial charge in [0.25, 0.3) is 0 Å². The second kappa shape index (κ2) is 3.21. The van der Waals surface area contributed by atoms with E-state index >= 15 is 0 Å². The van der Waals surface area contributed by atoms with E-state index in [1.54, 1.807) is 0 Å². The van der Waals surface area contributed by atoms with Gasteiger partial charge in [-0.3, -0.25) is 0 Å². The summed E-state index contributed by atoms with van der Waals surface area (Å²) in [6.45, 7) is 3.19. The molecule has 0 fully saturated rings. The molecular formula is C3H6O2Sn. The van der Waals surface area contributed by atoms with Gasteiger partial charge in [-0.1, -0.05) is 0 Å². The summed E-state index contributed by atoms with van der Waals surface area (Å²) in [5.41, 5.74) is 0. The van der Waals surface area contributed by atoms with Gasteiger partial charge in [0.2, 0.25) is 0 Å². The first-order valence-electron chi connectivity index (χ1n) is 1.51. The van der Waals surface area contributed by atoms with Crippen molar-refractivity contribution in [1.29, 1.82) is 0 Å². The van der Waals surface area contributed by atoms with Crippen LogP contribution in [0.3, 0.4) is 0 Å². The number of hydrogen-bond donors (Lipinski definition) is 0. The van der Waals surface area contributed by atoms with E-state index in [0.717, 1.165) is 6.08 Å². The second-order valence-corrected chi connectivity index (χ2v) is 1.89. The average molecular weight is 193 g/mol. The zero-order valence-electron chi connectivity index (χ0n) is 3.60. The standard InChI is InChI=1S/C3H4O2.Sn.3H/c1-2-3(4)5;;;;/h2H,1H2,(H,4,5);;;;/q;+1;;;/p-1. The first-order chi connectivity index (χ1) is 2.81. The topological polar surface area (TPSA) is 26.3 Å². The van der Waals surface area contributed by atoms with Crippen LogP contribution >= 0.6 is 0 Å². The van der Waals surface area contributed by atoms with Crippen molar-refractivity contribution in [3.63, 3.8) is 0 Å². The molecule has 0 N–H and O–H groups in total. The Morgan fingerprint density at radius 2 is 2.50 bits per heavy atom. The van der Waals surface area contributed by atoms with Gasteiger partial charge in [-0.05, 0) is 0 Å². The van der Waals surface area contributed by atoms with Crippen LogP contribution in [0.15, 0.2) is 12.7 Å². The molecule has 0 aliphatic rings. The first-order valence-corrected chi connectivity index (χ1v) is 3.84. The summed E-state index contributed by atoms with van der Waals surface area (Å²) in [6, 6.07) is 0. The van der Waals surface area contributed by atoms with Crippen molar-refractivity contribution in [2.75, 3.05) is 0 Å². The number of hydrogen-bond acceptors (Lipinski definition) is 2. The monoisotopic (exact) mass is 194 g/mol. The zero-order valence-corrected chi connectivity index (χ0v) is 9.31. The van der Waals surface area contributed by atoms with Crippen LogP contribution in [0.5, 0.6) is 0 Å². The van der Waals surface area contributed by atoms with Gasteiger partial charge in [0.05, 0.1) is 0 Å². The maximum atomic E-state index is 9.89. The summed E-state index contributed by atoms with van der Waals surface area (Å²) < 4.78 is 4.35. The van der Waals surface area contributed by atoms with Crippen molar-refractivity contribution in [3.05, 3.63) is 12.7 Å². The summed E-state index contributed by atoms with van der Waals surface area (Å²) in [7, 11) is 0. The van der Waals surface area contributed by atoms with Gasteiger partial charge < -0.3 is 0 Å². The Balaban J connectivity index is 3.23. The molecule has 6 heavy (non-hydrogen) atoms. The normalized spacial score (nSPS) is 7.33. The fourth-order valence-corrected chi connectivity index (χ4v) is 0.559. The van der Waals surface area contributed by atoms with Gasteiger partial charge in [-0.2, -0.15) is 0 Å². The predicted molar refractivity (Wildman–Crippen MR) is 26.2 cm³/mol. The molecule has 0 saturated heterocycles. The molecule has 0 bridgehead atoms. The summed E-state index contributed by atoms with van der Waals surface area (Å²) in [5, 5.41) is 0. The van der Waals surface area contributed by atoms with Crippen molar-refractivity contribution in [2.24, 2.45) is 0 Å². The Bertz CT molecular complexity index is 69.2. The average Bonchev–Trinajstić information content (AvgIpc) is 1.65. The maximum absolute atomic E-state index is 9.89. The summed E-state index contributed by atoms with van der Waals surface area (Å²) in [6.07, 6.45) is 1.16. The SMILES string of the molecule is C=CC(=O)[O][SnH3]. The molecule has 0 saturated carbocycles. The third kappa shape index (κ3) is 2.26. The van der Waals surface area contributed by atoms with E-state index in [2.05, 4.69) is 9.65 Å². The zero-order chi connectivity index (χ0) is 4.99. The van der Waals surface area contributed by atoms with Gasteiger partial charge in [0, 0.05) is 0 Å². The molecule has 0 aliphatic carbocycles. The molecule has 0 aromatic rings. The van der Waals surface area contributed by atoms with Crippen LogP contribution in [-0.4, -0.2) is 28.9 Å². The number of carbonyl (C=O) groups is 1. The molecule has 0 atom stereocenters. The number of rotatable bonds is 1. The predicted octanol–water partition coefficient (Wildman–Crippen LogP) is -1.00. The molecular weight excluding hydrogens is 187 g/mol. The summed E-state index contributed by atoms with van der Waals surface area (Å²) in [5.74, 6) is -0.300. The Labute approximate surface area is 49.8 Å². The molecule has 0 heterocycles. The van der Waals surface area contributed by atoms with Crippen LogP contribution in [0.25, 0.3) is 0 Å². The van der Waals surface area contributed by atoms with E-state index < -0.39 is 0 Å². The molecule has 0 amide bonds. The second-order valence-electron chi connectivity index (χ2n) is 0.727. The Kier molecular flexibility index (Phi) is 3.21. The fourth-order valence-electron chi connectivity index (χ4n) is 0.0833. The van der Waals surface area contributed by atoms with Crippen LogP contribution in [0.2, 0.25) is 0 Å². The molecule has 2 nitrogen and oxygen atoms in total. The molecule has 0 aromatic heterocycles. The quantitative estimate of drug-likeness (QED) is 0.394. The van der Waals surface area contributed by atoms with Crippen molar-refractivity contribution < 1.29 is 7.87 Å². The van der Waals surface area contributed by atoms with Gasteiger partial charge in [0.15, 0.2) is 0 Å². The molecule has 0 aromatic carbocycles. The van der Waals surface area contributed by atoms with Crippen molar-refractivity contribution in [3.8, 4) is 0 Å². The molecule has 0 radical (unpaired) electrons. The Morgan fingerprint density at radius 3 is 2.50 bits per heavy atom. The molecule has 0 rings (SSSR count). The third-order valence-electron chi connectivity index (χ3n) is 0.368. The van der Waals surface area contributed by atoms with Crippen molar-refractivity contribution in [2.45, 2.75) is 0 Å². The molecule has 34 valence electrons. The van der Waals surface area contributed by atoms with Crippen LogP contribution in [0.1, 0.15) is 0 Å².